The number of carboxylic acid groups (broad SMARTS) is 1. The Labute approximate surface area is 105 Å². The Balaban J connectivity index is 2.34. The van der Waals surface area contributed by atoms with Crippen LogP contribution in [0, 0.1) is 0 Å². The van der Waals surface area contributed by atoms with Gasteiger partial charge in [0.25, 0.3) is 0 Å². The molecular weight excluding hydrogens is 290 g/mol. The average molecular weight is 298 g/mol. The van der Waals surface area contributed by atoms with Gasteiger partial charge in [0.05, 0.1) is 11.4 Å². The number of aliphatic carboxylic acids is 1. The zero-order chi connectivity index (χ0) is 12.3. The lowest BCUT2D eigenvalue weighted by Crippen LogP contribution is -2.01. The van der Waals surface area contributed by atoms with E-state index in [2.05, 4.69) is 20.9 Å². The third-order valence-electron chi connectivity index (χ3n) is 1.98. The maximum Gasteiger partial charge on any atom is 0.331 e. The van der Waals surface area contributed by atoms with E-state index in [1.165, 1.54) is 6.39 Å². The van der Waals surface area contributed by atoms with E-state index >= 15 is 0 Å². The first kappa shape index (κ1) is 11.7. The number of ether oxygens (including phenoxy) is 1. The summed E-state index contributed by atoms with van der Waals surface area (Å²) in [5.41, 5.74) is 1.15. The molecule has 0 saturated heterocycles. The van der Waals surface area contributed by atoms with Gasteiger partial charge in [0.15, 0.2) is 23.2 Å². The van der Waals surface area contributed by atoms with Crippen molar-refractivity contribution in [3.05, 3.63) is 36.4 Å². The number of fused-ring (bicyclic) bond motifs is 1. The first-order chi connectivity index (χ1) is 8.20. The van der Waals surface area contributed by atoms with Crippen LogP contribution in [0.4, 0.5) is 0 Å². The van der Waals surface area contributed by atoms with Crippen LogP contribution in [0.5, 0.6) is 5.75 Å². The molecule has 0 bridgehead atoms. The van der Waals surface area contributed by atoms with Crippen molar-refractivity contribution in [1.82, 2.24) is 4.98 Å². The van der Waals surface area contributed by atoms with Crippen LogP contribution < -0.4 is 4.74 Å². The quantitative estimate of drug-likeness (QED) is 0.533. The second kappa shape index (κ2) is 5.01. The molecule has 0 radical (unpaired) electrons. The molecule has 0 aliphatic carbocycles. The fraction of sp³-hybridized carbons (Fsp3) is 0.0909. The maximum absolute atomic E-state index is 10.6. The molecule has 2 rings (SSSR count). The van der Waals surface area contributed by atoms with Gasteiger partial charge in [-0.1, -0.05) is 22.0 Å². The number of para-hydroxylation sites is 1. The molecule has 17 heavy (non-hydrogen) atoms. The summed E-state index contributed by atoms with van der Waals surface area (Å²) in [6.45, 7) is 0. The number of benzene rings is 1. The van der Waals surface area contributed by atoms with Crippen LogP contribution in [-0.4, -0.2) is 21.4 Å². The van der Waals surface area contributed by atoms with Gasteiger partial charge in [0.1, 0.15) is 5.76 Å². The van der Waals surface area contributed by atoms with E-state index in [4.69, 9.17) is 14.3 Å². The van der Waals surface area contributed by atoms with Gasteiger partial charge < -0.3 is 14.3 Å². The molecule has 5 nitrogen and oxygen atoms in total. The molecule has 0 amide bonds. The minimum atomic E-state index is -1.06. The molecule has 0 aliphatic rings. The second-order valence-electron chi connectivity index (χ2n) is 3.14. The number of nitrogens with zero attached hydrogens (tertiary/aromatic N) is 1. The van der Waals surface area contributed by atoms with E-state index < -0.39 is 5.97 Å². The van der Waals surface area contributed by atoms with Crippen molar-refractivity contribution in [3.8, 4) is 5.75 Å². The predicted octanol–water partition coefficient (Wildman–Crippen LogP) is 2.57. The zero-order valence-corrected chi connectivity index (χ0v) is 10.2. The van der Waals surface area contributed by atoms with Crippen molar-refractivity contribution < 1.29 is 19.1 Å². The van der Waals surface area contributed by atoms with E-state index in [1.54, 1.807) is 18.2 Å². The molecule has 1 aromatic carbocycles. The van der Waals surface area contributed by atoms with Crippen molar-refractivity contribution in [3.63, 3.8) is 0 Å². The topological polar surface area (TPSA) is 72.6 Å². The Morgan fingerprint density at radius 1 is 1.59 bits per heavy atom. The second-order valence-corrected chi connectivity index (χ2v) is 3.70. The van der Waals surface area contributed by atoms with E-state index in [0.29, 0.717) is 22.2 Å². The van der Waals surface area contributed by atoms with Crippen LogP contribution in [0.1, 0.15) is 0 Å². The van der Waals surface area contributed by atoms with Gasteiger partial charge in [-0.2, -0.15) is 0 Å². The number of alkyl halides is 1. The van der Waals surface area contributed by atoms with Crippen molar-refractivity contribution in [2.75, 3.05) is 5.33 Å². The van der Waals surface area contributed by atoms with Crippen LogP contribution in [-0.2, 0) is 4.79 Å². The minimum absolute atomic E-state index is 0.285. The van der Waals surface area contributed by atoms with Gasteiger partial charge >= 0.3 is 5.97 Å². The van der Waals surface area contributed by atoms with Crippen LogP contribution in [0.15, 0.2) is 40.8 Å². The number of carboxylic acids is 1. The van der Waals surface area contributed by atoms with Crippen molar-refractivity contribution in [2.45, 2.75) is 0 Å². The molecule has 0 saturated carbocycles. The van der Waals surface area contributed by atoms with Crippen LogP contribution in [0.25, 0.3) is 11.1 Å². The Morgan fingerprint density at radius 3 is 3.12 bits per heavy atom. The fourth-order valence-corrected chi connectivity index (χ4v) is 1.59. The lowest BCUT2D eigenvalue weighted by Gasteiger charge is -2.06. The van der Waals surface area contributed by atoms with Crippen LogP contribution >= 0.6 is 15.9 Å². The zero-order valence-electron chi connectivity index (χ0n) is 8.59. The minimum Gasteiger partial charge on any atom is -0.478 e. The molecule has 1 N–H and O–H groups in total. The highest BCUT2D eigenvalue weighted by Gasteiger charge is 2.08. The number of halogens is 1. The lowest BCUT2D eigenvalue weighted by molar-refractivity contribution is -0.131. The standard InChI is InChI=1S/C11H8BrNO4/c12-5-7(4-10(14)15)17-9-3-1-2-8-11(9)13-6-16-8/h1-4,6H,5H2,(H,14,15)/b7-4+. The van der Waals surface area contributed by atoms with Gasteiger partial charge in [0, 0.05) is 0 Å². The maximum atomic E-state index is 10.6. The molecule has 0 unspecified atom stereocenters. The van der Waals surface area contributed by atoms with E-state index in [0.717, 1.165) is 6.08 Å². The normalized spacial score (nSPS) is 11.7. The first-order valence-corrected chi connectivity index (χ1v) is 5.82. The van der Waals surface area contributed by atoms with E-state index in [9.17, 15) is 4.79 Å². The van der Waals surface area contributed by atoms with E-state index in [-0.39, 0.29) is 5.76 Å². The lowest BCUT2D eigenvalue weighted by atomic mass is 10.3. The highest BCUT2D eigenvalue weighted by molar-refractivity contribution is 9.09. The van der Waals surface area contributed by atoms with Crippen molar-refractivity contribution >= 4 is 33.0 Å². The number of hydrogen-bond acceptors (Lipinski definition) is 4. The summed E-state index contributed by atoms with van der Waals surface area (Å²) in [6.07, 6.45) is 2.31. The monoisotopic (exact) mass is 297 g/mol. The number of rotatable bonds is 4. The molecular formula is C11H8BrNO4. The molecule has 88 valence electrons. The first-order valence-electron chi connectivity index (χ1n) is 4.70. The number of hydrogen-bond donors (Lipinski definition) is 1. The summed E-state index contributed by atoms with van der Waals surface area (Å²) in [5, 5.41) is 8.95. The Morgan fingerprint density at radius 2 is 2.41 bits per heavy atom. The average Bonchev–Trinajstić information content (AvgIpc) is 2.76. The number of carbonyl (C=O) groups is 1. The van der Waals surface area contributed by atoms with Gasteiger partial charge in [0.2, 0.25) is 0 Å². The van der Waals surface area contributed by atoms with Gasteiger partial charge in [-0.3, -0.25) is 0 Å². The third kappa shape index (κ3) is 2.65. The van der Waals surface area contributed by atoms with Gasteiger partial charge in [-0.25, -0.2) is 9.78 Å². The Hall–Kier alpha value is -1.82. The number of aromatic nitrogens is 1. The number of allylic oxidation sites excluding steroid dienone is 1. The molecule has 2 aromatic rings. The summed E-state index contributed by atoms with van der Waals surface area (Å²) in [7, 11) is 0. The summed E-state index contributed by atoms with van der Waals surface area (Å²) >= 11 is 3.16. The largest absolute Gasteiger partial charge is 0.478 e. The Bertz CT molecular complexity index is 576. The van der Waals surface area contributed by atoms with Gasteiger partial charge in [-0.05, 0) is 12.1 Å². The SMILES string of the molecule is O=C(O)/C=C(\CBr)Oc1cccc2ocnc12. The summed E-state index contributed by atoms with van der Waals surface area (Å²) < 4.78 is 10.6. The molecule has 0 fully saturated rings. The van der Waals surface area contributed by atoms with Crippen LogP contribution in [0.2, 0.25) is 0 Å². The summed E-state index contributed by atoms with van der Waals surface area (Å²) in [5.74, 6) is -0.317. The van der Waals surface area contributed by atoms with Crippen LogP contribution in [0.3, 0.4) is 0 Å². The molecule has 1 heterocycles. The summed E-state index contributed by atoms with van der Waals surface area (Å²) in [4.78, 5) is 14.6. The fourth-order valence-electron chi connectivity index (χ4n) is 1.32. The summed E-state index contributed by atoms with van der Waals surface area (Å²) in [6, 6.07) is 5.20. The van der Waals surface area contributed by atoms with Crippen molar-refractivity contribution in [2.24, 2.45) is 0 Å². The third-order valence-corrected chi connectivity index (χ3v) is 2.53. The number of oxazole rings is 1. The molecule has 6 heteroatoms. The highest BCUT2D eigenvalue weighted by Crippen LogP contribution is 2.25. The predicted molar refractivity (Wildman–Crippen MR) is 64.1 cm³/mol. The Kier molecular flexibility index (Phi) is 3.43. The van der Waals surface area contributed by atoms with Crippen molar-refractivity contribution in [1.29, 1.82) is 0 Å². The van der Waals surface area contributed by atoms with E-state index in [1.807, 2.05) is 0 Å². The molecule has 0 spiro atoms. The molecule has 0 atom stereocenters. The smallest absolute Gasteiger partial charge is 0.331 e. The highest BCUT2D eigenvalue weighted by atomic mass is 79.9. The van der Waals surface area contributed by atoms with Gasteiger partial charge in [-0.15, -0.1) is 0 Å². The molecule has 0 aliphatic heterocycles. The molecule has 1 aromatic heterocycles.